The zero-order valence-corrected chi connectivity index (χ0v) is 19.0. The van der Waals surface area contributed by atoms with E-state index in [4.69, 9.17) is 11.6 Å². The van der Waals surface area contributed by atoms with Gasteiger partial charge in [0.25, 0.3) is 5.91 Å². The number of guanidine groups is 1. The minimum atomic E-state index is -0.181. The van der Waals surface area contributed by atoms with Crippen LogP contribution in [0.5, 0.6) is 0 Å². The monoisotopic (exact) mass is 518 g/mol. The maximum atomic E-state index is 12.1. The van der Waals surface area contributed by atoms with Crippen LogP contribution in [0, 0.1) is 0 Å². The lowest BCUT2D eigenvalue weighted by atomic mass is 10.2. The fraction of sp³-hybridized carbons (Fsp3) is 0.263. The van der Waals surface area contributed by atoms with Gasteiger partial charge in [0.1, 0.15) is 0 Å². The van der Waals surface area contributed by atoms with Crippen molar-refractivity contribution in [2.45, 2.75) is 4.90 Å². The summed E-state index contributed by atoms with van der Waals surface area (Å²) < 4.78 is 0. The van der Waals surface area contributed by atoms with Crippen molar-refractivity contribution < 1.29 is 4.79 Å². The molecule has 0 aliphatic carbocycles. The molecule has 2 aromatic carbocycles. The van der Waals surface area contributed by atoms with Crippen LogP contribution >= 0.6 is 47.3 Å². The lowest BCUT2D eigenvalue weighted by Crippen LogP contribution is -2.42. The molecule has 0 aromatic heterocycles. The third-order valence-electron chi connectivity index (χ3n) is 3.45. The number of aliphatic imine (C=N–C) groups is 1. The minimum absolute atomic E-state index is 0. The molecule has 0 radical (unpaired) electrons. The molecule has 0 bridgehead atoms. The molecule has 0 atom stereocenters. The maximum Gasteiger partial charge on any atom is 0.252 e. The highest BCUT2D eigenvalue weighted by Crippen LogP contribution is 2.15. The normalized spacial score (nSPS) is 10.7. The molecule has 2 rings (SSSR count). The molecule has 0 spiro atoms. The molecule has 0 saturated carbocycles. The number of benzene rings is 2. The number of halogens is 2. The first-order chi connectivity index (χ1) is 12.7. The molecular weight excluding hydrogens is 495 g/mol. The van der Waals surface area contributed by atoms with Crippen LogP contribution in [0.1, 0.15) is 10.4 Å². The lowest BCUT2D eigenvalue weighted by molar-refractivity contribution is 0.0954. The van der Waals surface area contributed by atoms with E-state index < -0.39 is 0 Å². The van der Waals surface area contributed by atoms with Gasteiger partial charge in [-0.3, -0.25) is 9.79 Å². The topological polar surface area (TPSA) is 65.5 Å². The summed E-state index contributed by atoms with van der Waals surface area (Å²) in [6.07, 6.45) is 0. The molecule has 3 N–H and O–H groups in total. The molecule has 0 saturated heterocycles. The third-order valence-corrected chi connectivity index (χ3v) is 4.79. The van der Waals surface area contributed by atoms with Crippen LogP contribution in [0.15, 0.2) is 64.5 Å². The van der Waals surface area contributed by atoms with E-state index in [0.717, 1.165) is 12.3 Å². The fourth-order valence-corrected chi connectivity index (χ4v) is 3.18. The largest absolute Gasteiger partial charge is 0.356 e. The summed E-state index contributed by atoms with van der Waals surface area (Å²) in [5, 5.41) is 9.71. The van der Waals surface area contributed by atoms with Crippen molar-refractivity contribution in [1.82, 2.24) is 16.0 Å². The highest BCUT2D eigenvalue weighted by Gasteiger charge is 2.08. The second-order valence-corrected chi connectivity index (χ2v) is 6.90. The van der Waals surface area contributed by atoms with Gasteiger partial charge in [-0.25, -0.2) is 0 Å². The van der Waals surface area contributed by atoms with Crippen molar-refractivity contribution in [2.75, 3.05) is 32.4 Å². The second kappa shape index (κ2) is 13.7. The Hall–Kier alpha value is -1.45. The second-order valence-electron chi connectivity index (χ2n) is 5.32. The average Bonchev–Trinajstić information content (AvgIpc) is 2.67. The van der Waals surface area contributed by atoms with Crippen molar-refractivity contribution in [1.29, 1.82) is 0 Å². The van der Waals surface area contributed by atoms with E-state index >= 15 is 0 Å². The van der Waals surface area contributed by atoms with Gasteiger partial charge in [0, 0.05) is 37.3 Å². The summed E-state index contributed by atoms with van der Waals surface area (Å²) in [5.74, 6) is 1.47. The average molecular weight is 519 g/mol. The van der Waals surface area contributed by atoms with Crippen molar-refractivity contribution in [2.24, 2.45) is 4.99 Å². The summed E-state index contributed by atoms with van der Waals surface area (Å²) in [4.78, 5) is 17.5. The first-order valence-electron chi connectivity index (χ1n) is 8.36. The molecule has 0 heterocycles. The molecule has 0 unspecified atom stereocenters. The van der Waals surface area contributed by atoms with Gasteiger partial charge in [0.2, 0.25) is 0 Å². The van der Waals surface area contributed by atoms with Crippen LogP contribution in [0.4, 0.5) is 0 Å². The molecule has 0 aliphatic heterocycles. The number of carbonyl (C=O) groups is 1. The molecule has 5 nitrogen and oxygen atoms in total. The number of thioether (sulfide) groups is 1. The number of hydrogen-bond acceptors (Lipinski definition) is 3. The van der Waals surface area contributed by atoms with Gasteiger partial charge < -0.3 is 16.0 Å². The van der Waals surface area contributed by atoms with Gasteiger partial charge in [-0.15, -0.1) is 35.7 Å². The quantitative estimate of drug-likeness (QED) is 0.164. The van der Waals surface area contributed by atoms with E-state index in [2.05, 4.69) is 33.1 Å². The predicted octanol–water partition coefficient (Wildman–Crippen LogP) is 3.65. The molecule has 146 valence electrons. The molecular formula is C19H24ClIN4OS. The van der Waals surface area contributed by atoms with Crippen LogP contribution in [0.3, 0.4) is 0 Å². The summed E-state index contributed by atoms with van der Waals surface area (Å²) in [6, 6.07) is 17.3. The van der Waals surface area contributed by atoms with Gasteiger partial charge in [0.05, 0.1) is 10.6 Å². The Labute approximate surface area is 186 Å². The van der Waals surface area contributed by atoms with Crippen LogP contribution in [-0.2, 0) is 0 Å². The minimum Gasteiger partial charge on any atom is -0.356 e. The number of amides is 1. The molecule has 8 heteroatoms. The van der Waals surface area contributed by atoms with Gasteiger partial charge in [0.15, 0.2) is 5.96 Å². The van der Waals surface area contributed by atoms with Crippen molar-refractivity contribution >= 4 is 59.2 Å². The zero-order valence-electron chi connectivity index (χ0n) is 15.1. The van der Waals surface area contributed by atoms with Crippen LogP contribution < -0.4 is 16.0 Å². The van der Waals surface area contributed by atoms with Crippen LogP contribution in [-0.4, -0.2) is 44.3 Å². The Morgan fingerprint density at radius 1 is 0.963 bits per heavy atom. The Balaban J connectivity index is 0.00000364. The Bertz CT molecular complexity index is 731. The van der Waals surface area contributed by atoms with Crippen molar-refractivity contribution in [3.8, 4) is 0 Å². The van der Waals surface area contributed by atoms with E-state index in [1.54, 1.807) is 43.1 Å². The Kier molecular flexibility index (Phi) is 12.0. The number of carbonyl (C=O) groups excluding carboxylic acids is 1. The van der Waals surface area contributed by atoms with Crippen molar-refractivity contribution in [3.63, 3.8) is 0 Å². The van der Waals surface area contributed by atoms with Crippen molar-refractivity contribution in [3.05, 3.63) is 65.2 Å². The Morgan fingerprint density at radius 3 is 2.30 bits per heavy atom. The van der Waals surface area contributed by atoms with E-state index in [1.165, 1.54) is 4.90 Å². The van der Waals surface area contributed by atoms with Gasteiger partial charge >= 0.3 is 0 Å². The predicted molar refractivity (Wildman–Crippen MR) is 126 cm³/mol. The lowest BCUT2D eigenvalue weighted by Gasteiger charge is -2.12. The van der Waals surface area contributed by atoms with E-state index in [1.807, 2.05) is 18.2 Å². The first-order valence-corrected chi connectivity index (χ1v) is 9.72. The molecule has 0 fully saturated rings. The maximum absolute atomic E-state index is 12.1. The van der Waals surface area contributed by atoms with E-state index in [9.17, 15) is 4.79 Å². The molecule has 1 amide bonds. The van der Waals surface area contributed by atoms with E-state index in [0.29, 0.717) is 29.6 Å². The van der Waals surface area contributed by atoms with Crippen LogP contribution in [0.25, 0.3) is 0 Å². The van der Waals surface area contributed by atoms with E-state index in [-0.39, 0.29) is 29.9 Å². The van der Waals surface area contributed by atoms with Gasteiger partial charge in [-0.1, -0.05) is 41.9 Å². The summed E-state index contributed by atoms with van der Waals surface area (Å²) in [5.41, 5.74) is 0.481. The first kappa shape index (κ1) is 23.6. The summed E-state index contributed by atoms with van der Waals surface area (Å²) in [7, 11) is 1.72. The highest BCUT2D eigenvalue weighted by atomic mass is 127. The third kappa shape index (κ3) is 8.85. The smallest absolute Gasteiger partial charge is 0.252 e. The van der Waals surface area contributed by atoms with Crippen LogP contribution in [0.2, 0.25) is 5.02 Å². The number of rotatable bonds is 8. The zero-order chi connectivity index (χ0) is 18.6. The highest BCUT2D eigenvalue weighted by molar-refractivity contribution is 14.0. The molecule has 2 aromatic rings. The number of hydrogen-bond donors (Lipinski definition) is 3. The fourth-order valence-electron chi connectivity index (χ4n) is 2.17. The standard InChI is InChI=1S/C19H23ClN4OS.HI/c1-21-19(24-13-14-26-15-7-3-2-4-8-15)23-12-11-22-18(25)16-9-5-6-10-17(16)20;/h2-10H,11-14H2,1H3,(H,22,25)(H2,21,23,24);1H. The molecule has 27 heavy (non-hydrogen) atoms. The van der Waals surface area contributed by atoms with Gasteiger partial charge in [-0.05, 0) is 24.3 Å². The molecule has 0 aliphatic rings. The summed E-state index contributed by atoms with van der Waals surface area (Å²) in [6.45, 7) is 1.84. The number of nitrogens with one attached hydrogen (secondary N) is 3. The number of nitrogens with zero attached hydrogens (tertiary/aromatic N) is 1. The SMILES string of the molecule is CN=C(NCCNC(=O)c1ccccc1Cl)NCCSc1ccccc1.I. The summed E-state index contributed by atoms with van der Waals surface area (Å²) >= 11 is 7.80. The Morgan fingerprint density at radius 2 is 1.59 bits per heavy atom. The van der Waals surface area contributed by atoms with Gasteiger partial charge in [-0.2, -0.15) is 0 Å².